The maximum Gasteiger partial charge on any atom is 0.147 e. The monoisotopic (exact) mass is 339 g/mol. The molecule has 5 heteroatoms. The Kier molecular flexibility index (Phi) is 5.13. The van der Waals surface area contributed by atoms with Crippen LogP contribution in [0.3, 0.4) is 0 Å². The molecular weight excluding hydrogens is 310 g/mol. The second kappa shape index (κ2) is 7.67. The summed E-state index contributed by atoms with van der Waals surface area (Å²) in [4.78, 5) is 2.59. The molecule has 2 aliphatic rings. The van der Waals surface area contributed by atoms with E-state index in [-0.39, 0.29) is 0 Å². The zero-order chi connectivity index (χ0) is 17.1. The zero-order valence-corrected chi connectivity index (χ0v) is 15.2. The van der Waals surface area contributed by atoms with E-state index in [1.165, 1.54) is 42.6 Å². The maximum atomic E-state index is 4.52. The van der Waals surface area contributed by atoms with Crippen molar-refractivity contribution in [2.24, 2.45) is 0 Å². The molecule has 2 aliphatic heterocycles. The fourth-order valence-corrected chi connectivity index (χ4v) is 4.20. The van der Waals surface area contributed by atoms with E-state index in [1.54, 1.807) is 0 Å². The first-order valence-corrected chi connectivity index (χ1v) is 9.76. The SMILES string of the molecule is CCCc1cccc(CN2CCC(c3nnc4n3CCNC4)CC2)c1. The summed E-state index contributed by atoms with van der Waals surface area (Å²) in [5, 5.41) is 12.3. The van der Waals surface area contributed by atoms with Gasteiger partial charge in [-0.25, -0.2) is 0 Å². The van der Waals surface area contributed by atoms with Crippen LogP contribution in [0.25, 0.3) is 0 Å². The molecule has 0 bridgehead atoms. The number of nitrogens with zero attached hydrogens (tertiary/aromatic N) is 4. The Bertz CT molecular complexity index is 700. The zero-order valence-electron chi connectivity index (χ0n) is 15.2. The van der Waals surface area contributed by atoms with Gasteiger partial charge >= 0.3 is 0 Å². The van der Waals surface area contributed by atoms with Crippen LogP contribution in [-0.4, -0.2) is 39.3 Å². The molecule has 0 saturated carbocycles. The van der Waals surface area contributed by atoms with E-state index in [9.17, 15) is 0 Å². The summed E-state index contributed by atoms with van der Waals surface area (Å²) in [6, 6.07) is 9.12. The summed E-state index contributed by atoms with van der Waals surface area (Å²) in [7, 11) is 0. The van der Waals surface area contributed by atoms with Crippen molar-refractivity contribution in [3.63, 3.8) is 0 Å². The van der Waals surface area contributed by atoms with E-state index in [0.717, 1.165) is 45.1 Å². The molecular formula is C20H29N5. The minimum absolute atomic E-state index is 0.571. The minimum Gasteiger partial charge on any atom is -0.312 e. The lowest BCUT2D eigenvalue weighted by molar-refractivity contribution is 0.199. The minimum atomic E-state index is 0.571. The van der Waals surface area contributed by atoms with Crippen LogP contribution in [0.1, 0.15) is 54.9 Å². The molecule has 1 aromatic heterocycles. The van der Waals surface area contributed by atoms with Gasteiger partial charge < -0.3 is 9.88 Å². The number of aryl methyl sites for hydroxylation is 1. The Morgan fingerprint density at radius 3 is 2.80 bits per heavy atom. The van der Waals surface area contributed by atoms with Gasteiger partial charge in [0.2, 0.25) is 0 Å². The van der Waals surface area contributed by atoms with Crippen molar-refractivity contribution in [2.75, 3.05) is 19.6 Å². The lowest BCUT2D eigenvalue weighted by atomic mass is 9.95. The lowest BCUT2D eigenvalue weighted by Crippen LogP contribution is -2.34. The van der Waals surface area contributed by atoms with Crippen molar-refractivity contribution < 1.29 is 0 Å². The molecule has 1 N–H and O–H groups in total. The Hall–Kier alpha value is -1.72. The van der Waals surface area contributed by atoms with Crippen molar-refractivity contribution in [1.82, 2.24) is 25.0 Å². The van der Waals surface area contributed by atoms with Gasteiger partial charge in [0.15, 0.2) is 0 Å². The van der Waals surface area contributed by atoms with Gasteiger partial charge in [0.1, 0.15) is 11.6 Å². The molecule has 3 heterocycles. The van der Waals surface area contributed by atoms with Crippen LogP contribution in [0.15, 0.2) is 24.3 Å². The third-order valence-corrected chi connectivity index (χ3v) is 5.54. The van der Waals surface area contributed by atoms with Crippen molar-refractivity contribution in [3.8, 4) is 0 Å². The average Bonchev–Trinajstić information content (AvgIpc) is 3.07. The topological polar surface area (TPSA) is 46.0 Å². The molecule has 0 aliphatic carbocycles. The number of hydrogen-bond donors (Lipinski definition) is 1. The first-order valence-electron chi connectivity index (χ1n) is 9.76. The van der Waals surface area contributed by atoms with Crippen LogP contribution >= 0.6 is 0 Å². The number of hydrogen-bond acceptors (Lipinski definition) is 4. The van der Waals surface area contributed by atoms with Crippen LogP contribution in [0.4, 0.5) is 0 Å². The number of benzene rings is 1. The quantitative estimate of drug-likeness (QED) is 0.910. The summed E-state index contributed by atoms with van der Waals surface area (Å²) < 4.78 is 2.35. The molecule has 1 fully saturated rings. The maximum absolute atomic E-state index is 4.52. The van der Waals surface area contributed by atoms with Crippen LogP contribution in [0, 0.1) is 0 Å². The van der Waals surface area contributed by atoms with Gasteiger partial charge in [-0.2, -0.15) is 0 Å². The number of rotatable bonds is 5. The van der Waals surface area contributed by atoms with Crippen molar-refractivity contribution in [1.29, 1.82) is 0 Å². The number of piperidine rings is 1. The summed E-state index contributed by atoms with van der Waals surface area (Å²) in [6.45, 7) is 8.54. The molecule has 0 spiro atoms. The number of fused-ring (bicyclic) bond motifs is 1. The van der Waals surface area contributed by atoms with E-state index in [1.807, 2.05) is 0 Å². The van der Waals surface area contributed by atoms with Crippen molar-refractivity contribution in [2.45, 2.75) is 58.2 Å². The summed E-state index contributed by atoms with van der Waals surface area (Å²) in [5.74, 6) is 2.90. The first kappa shape index (κ1) is 16.7. The molecule has 4 rings (SSSR count). The fraction of sp³-hybridized carbons (Fsp3) is 0.600. The average molecular weight is 339 g/mol. The van der Waals surface area contributed by atoms with Crippen LogP contribution in [0.5, 0.6) is 0 Å². The van der Waals surface area contributed by atoms with E-state index in [0.29, 0.717) is 5.92 Å². The van der Waals surface area contributed by atoms with E-state index in [4.69, 9.17) is 0 Å². The van der Waals surface area contributed by atoms with E-state index in [2.05, 4.69) is 56.2 Å². The van der Waals surface area contributed by atoms with E-state index >= 15 is 0 Å². The molecule has 25 heavy (non-hydrogen) atoms. The standard InChI is InChI=1S/C20H29N5/c1-2-4-16-5-3-6-17(13-16)15-24-10-7-18(8-11-24)20-23-22-19-14-21-9-12-25(19)20/h3,5-6,13,18,21H,2,4,7-12,14-15H2,1H3. The first-order chi connectivity index (χ1) is 12.3. The highest BCUT2D eigenvalue weighted by Gasteiger charge is 2.26. The predicted octanol–water partition coefficient (Wildman–Crippen LogP) is 2.71. The van der Waals surface area contributed by atoms with Gasteiger partial charge in [0.05, 0.1) is 6.54 Å². The normalized spacial score (nSPS) is 19.1. The van der Waals surface area contributed by atoms with Gasteiger partial charge in [-0.1, -0.05) is 37.6 Å². The second-order valence-corrected chi connectivity index (χ2v) is 7.42. The summed E-state index contributed by atoms with van der Waals surface area (Å²) in [6.07, 6.45) is 4.79. The van der Waals surface area contributed by atoms with Crippen molar-refractivity contribution in [3.05, 3.63) is 47.0 Å². The highest BCUT2D eigenvalue weighted by atomic mass is 15.3. The predicted molar refractivity (Wildman–Crippen MR) is 99.4 cm³/mol. The molecule has 0 unspecified atom stereocenters. The molecule has 0 radical (unpaired) electrons. The number of likely N-dealkylation sites (tertiary alicyclic amines) is 1. The molecule has 1 aromatic carbocycles. The Labute approximate surface area is 150 Å². The van der Waals surface area contributed by atoms with E-state index < -0.39 is 0 Å². The molecule has 2 aromatic rings. The van der Waals surface area contributed by atoms with Crippen LogP contribution < -0.4 is 5.32 Å². The smallest absolute Gasteiger partial charge is 0.147 e. The molecule has 1 saturated heterocycles. The van der Waals surface area contributed by atoms with Gasteiger partial charge in [0.25, 0.3) is 0 Å². The third-order valence-electron chi connectivity index (χ3n) is 5.54. The Morgan fingerprint density at radius 1 is 1.12 bits per heavy atom. The third kappa shape index (κ3) is 3.77. The Balaban J connectivity index is 1.35. The molecule has 134 valence electrons. The summed E-state index contributed by atoms with van der Waals surface area (Å²) >= 11 is 0. The lowest BCUT2D eigenvalue weighted by Gasteiger charge is -2.32. The molecule has 5 nitrogen and oxygen atoms in total. The van der Waals surface area contributed by atoms with Crippen LogP contribution in [0.2, 0.25) is 0 Å². The largest absolute Gasteiger partial charge is 0.312 e. The molecule has 0 amide bonds. The van der Waals surface area contributed by atoms with Gasteiger partial charge in [-0.3, -0.25) is 4.90 Å². The number of nitrogens with one attached hydrogen (secondary N) is 1. The summed E-state index contributed by atoms with van der Waals surface area (Å²) in [5.41, 5.74) is 2.92. The fourth-order valence-electron chi connectivity index (χ4n) is 4.20. The second-order valence-electron chi connectivity index (χ2n) is 7.42. The highest BCUT2D eigenvalue weighted by molar-refractivity contribution is 5.23. The Morgan fingerprint density at radius 2 is 1.96 bits per heavy atom. The van der Waals surface area contributed by atoms with Gasteiger partial charge in [-0.15, -0.1) is 10.2 Å². The van der Waals surface area contributed by atoms with Gasteiger partial charge in [0, 0.05) is 25.6 Å². The van der Waals surface area contributed by atoms with Crippen LogP contribution in [-0.2, 0) is 26.1 Å². The van der Waals surface area contributed by atoms with Crippen molar-refractivity contribution >= 4 is 0 Å². The highest BCUT2D eigenvalue weighted by Crippen LogP contribution is 2.28. The molecule has 0 atom stereocenters. The number of aromatic nitrogens is 3. The van der Waals surface area contributed by atoms with Gasteiger partial charge in [-0.05, 0) is 43.5 Å².